The summed E-state index contributed by atoms with van der Waals surface area (Å²) < 4.78 is 0. The van der Waals surface area contributed by atoms with E-state index in [0.29, 0.717) is 12.1 Å². The largest absolute Gasteiger partial charge is 0.481 e. The van der Waals surface area contributed by atoms with Crippen LogP contribution >= 0.6 is 12.6 Å². The molecule has 0 aromatic carbocycles. The molecule has 0 aliphatic carbocycles. The molecule has 5 atom stereocenters. The Hall–Kier alpha value is -3.13. The molecule has 1 rings (SSSR count). The van der Waals surface area contributed by atoms with E-state index in [1.165, 1.54) is 12.5 Å². The molecule has 0 aliphatic rings. The fraction of sp³-hybridized carbons (Fsp3) is 0.600. The van der Waals surface area contributed by atoms with E-state index in [2.05, 4.69) is 38.5 Å². The Bertz CT molecular complexity index is 850. The number of carbonyl (C=O) groups excluding carboxylic acids is 3. The van der Waals surface area contributed by atoms with E-state index in [-0.39, 0.29) is 24.5 Å². The Kier molecular flexibility index (Phi) is 12.1. The van der Waals surface area contributed by atoms with Gasteiger partial charge in [-0.1, -0.05) is 20.3 Å². The lowest BCUT2D eigenvalue weighted by molar-refractivity contribution is -0.142. The first-order valence-corrected chi connectivity index (χ1v) is 11.3. The van der Waals surface area contributed by atoms with Gasteiger partial charge in [-0.15, -0.1) is 0 Å². The van der Waals surface area contributed by atoms with Crippen molar-refractivity contribution in [3.8, 4) is 0 Å². The van der Waals surface area contributed by atoms with E-state index in [1.807, 2.05) is 0 Å². The number of aliphatic carboxylic acids is 2. The van der Waals surface area contributed by atoms with E-state index in [4.69, 9.17) is 15.9 Å². The van der Waals surface area contributed by atoms with Crippen molar-refractivity contribution in [3.05, 3.63) is 18.2 Å². The van der Waals surface area contributed by atoms with Crippen LogP contribution in [0.4, 0.5) is 0 Å². The Morgan fingerprint density at radius 1 is 1.09 bits per heavy atom. The highest BCUT2D eigenvalue weighted by molar-refractivity contribution is 7.80. The van der Waals surface area contributed by atoms with Crippen molar-refractivity contribution in [2.24, 2.45) is 11.7 Å². The van der Waals surface area contributed by atoms with Gasteiger partial charge < -0.3 is 36.9 Å². The van der Waals surface area contributed by atoms with Gasteiger partial charge in [0.1, 0.15) is 18.1 Å². The molecule has 3 amide bonds. The number of hydrogen-bond acceptors (Lipinski definition) is 8. The van der Waals surface area contributed by atoms with Crippen molar-refractivity contribution in [1.82, 2.24) is 25.9 Å². The number of carbonyl (C=O) groups is 5. The average Bonchev–Trinajstić information content (AvgIpc) is 3.29. The Morgan fingerprint density at radius 3 is 2.24 bits per heavy atom. The molecule has 34 heavy (non-hydrogen) atoms. The Labute approximate surface area is 202 Å². The first-order chi connectivity index (χ1) is 16.0. The molecule has 13 nitrogen and oxygen atoms in total. The smallest absolute Gasteiger partial charge is 0.327 e. The number of nitrogens with one attached hydrogen (secondary N) is 4. The average molecular weight is 501 g/mol. The van der Waals surface area contributed by atoms with Crippen molar-refractivity contribution in [3.63, 3.8) is 0 Å². The summed E-state index contributed by atoms with van der Waals surface area (Å²) >= 11 is 3.87. The zero-order valence-corrected chi connectivity index (χ0v) is 19.9. The predicted octanol–water partition coefficient (Wildman–Crippen LogP) is -1.34. The van der Waals surface area contributed by atoms with Crippen molar-refractivity contribution in [2.75, 3.05) is 5.75 Å². The number of aromatic amines is 1. The third kappa shape index (κ3) is 9.39. The molecule has 8 N–H and O–H groups in total. The van der Waals surface area contributed by atoms with Crippen LogP contribution in [0.3, 0.4) is 0 Å². The van der Waals surface area contributed by atoms with Crippen LogP contribution in [0.5, 0.6) is 0 Å². The first-order valence-electron chi connectivity index (χ1n) is 10.7. The zero-order valence-electron chi connectivity index (χ0n) is 19.0. The topological polar surface area (TPSA) is 217 Å². The van der Waals surface area contributed by atoms with Crippen molar-refractivity contribution >= 4 is 42.3 Å². The van der Waals surface area contributed by atoms with E-state index >= 15 is 0 Å². The summed E-state index contributed by atoms with van der Waals surface area (Å²) in [5, 5.41) is 25.4. The number of nitrogens with zero attached hydrogens (tertiary/aromatic N) is 1. The SMILES string of the molecule is CCC(C)C(NC(=O)C(N)Cc1cnc[nH]1)C(=O)NC(CCC(=O)O)C(=O)NC(CS)C(=O)O. The fourth-order valence-corrected chi connectivity index (χ4v) is 3.19. The highest BCUT2D eigenvalue weighted by Gasteiger charge is 2.32. The van der Waals surface area contributed by atoms with Gasteiger partial charge in [0, 0.05) is 30.5 Å². The van der Waals surface area contributed by atoms with E-state index in [0.717, 1.165) is 0 Å². The molecule has 5 unspecified atom stereocenters. The van der Waals surface area contributed by atoms with Crippen LogP contribution in [0.25, 0.3) is 0 Å². The Balaban J connectivity index is 2.96. The maximum absolute atomic E-state index is 13.0. The second kappa shape index (κ2) is 14.2. The van der Waals surface area contributed by atoms with Crippen LogP contribution in [0, 0.1) is 5.92 Å². The quantitative estimate of drug-likeness (QED) is 0.133. The van der Waals surface area contributed by atoms with E-state index in [9.17, 15) is 24.0 Å². The van der Waals surface area contributed by atoms with Gasteiger partial charge in [-0.25, -0.2) is 9.78 Å². The summed E-state index contributed by atoms with van der Waals surface area (Å²) in [6.07, 6.45) is 2.89. The van der Waals surface area contributed by atoms with Gasteiger partial charge in [0.2, 0.25) is 17.7 Å². The number of carboxylic acids is 2. The number of H-pyrrole nitrogens is 1. The van der Waals surface area contributed by atoms with Gasteiger partial charge in [-0.2, -0.15) is 12.6 Å². The van der Waals surface area contributed by atoms with Crippen LogP contribution in [0.15, 0.2) is 12.5 Å². The highest BCUT2D eigenvalue weighted by Crippen LogP contribution is 2.10. The number of hydrogen-bond donors (Lipinski definition) is 8. The zero-order chi connectivity index (χ0) is 25.8. The summed E-state index contributed by atoms with van der Waals surface area (Å²) in [5.74, 6) is -5.28. The molecule has 0 fully saturated rings. The standard InChI is InChI=1S/C20H32N6O7S/c1-3-10(2)16(26-17(29)12(21)6-11-7-22-9-23-11)19(31)24-13(4-5-15(27)28)18(30)25-14(8-34)20(32)33/h7,9-10,12-14,16,34H,3-6,8,21H2,1-2H3,(H,22,23)(H,24,31)(H,25,30)(H,26,29)(H,27,28)(H,32,33). The molecular formula is C20H32N6O7S. The molecule has 0 spiro atoms. The first kappa shape index (κ1) is 28.9. The summed E-state index contributed by atoms with van der Waals surface area (Å²) in [4.78, 5) is 67.1. The molecule has 0 bridgehead atoms. The third-order valence-electron chi connectivity index (χ3n) is 5.20. The predicted molar refractivity (Wildman–Crippen MR) is 124 cm³/mol. The van der Waals surface area contributed by atoms with Gasteiger partial charge >= 0.3 is 11.9 Å². The molecule has 190 valence electrons. The second-order valence-corrected chi connectivity index (χ2v) is 8.20. The molecule has 0 aliphatic heterocycles. The molecular weight excluding hydrogens is 468 g/mol. The molecule has 0 saturated carbocycles. The maximum atomic E-state index is 13.0. The van der Waals surface area contributed by atoms with Crippen molar-refractivity contribution in [1.29, 1.82) is 0 Å². The highest BCUT2D eigenvalue weighted by atomic mass is 32.1. The van der Waals surface area contributed by atoms with Crippen LogP contribution in [-0.2, 0) is 30.4 Å². The van der Waals surface area contributed by atoms with Crippen molar-refractivity contribution < 1.29 is 34.2 Å². The Morgan fingerprint density at radius 2 is 1.74 bits per heavy atom. The van der Waals surface area contributed by atoms with E-state index in [1.54, 1.807) is 13.8 Å². The number of amides is 3. The normalized spacial score (nSPS) is 15.3. The second-order valence-electron chi connectivity index (χ2n) is 7.83. The lowest BCUT2D eigenvalue weighted by Crippen LogP contribution is -2.59. The summed E-state index contributed by atoms with van der Waals surface area (Å²) in [7, 11) is 0. The van der Waals surface area contributed by atoms with Gasteiger partial charge in [0.15, 0.2) is 0 Å². The number of carboxylic acid groups (broad SMARTS) is 2. The lowest BCUT2D eigenvalue weighted by Gasteiger charge is -2.27. The maximum Gasteiger partial charge on any atom is 0.327 e. The molecule has 1 aromatic rings. The van der Waals surface area contributed by atoms with E-state index < -0.39 is 60.2 Å². The summed E-state index contributed by atoms with van der Waals surface area (Å²) in [6.45, 7) is 3.53. The lowest BCUT2D eigenvalue weighted by atomic mass is 9.97. The summed E-state index contributed by atoms with van der Waals surface area (Å²) in [6, 6.07) is -4.71. The van der Waals surface area contributed by atoms with Gasteiger partial charge in [0.25, 0.3) is 0 Å². The number of rotatable bonds is 15. The van der Waals surface area contributed by atoms with Crippen LogP contribution < -0.4 is 21.7 Å². The monoisotopic (exact) mass is 500 g/mol. The number of thiol groups is 1. The minimum atomic E-state index is -1.34. The minimum absolute atomic E-state index is 0.157. The van der Waals surface area contributed by atoms with Crippen molar-refractivity contribution in [2.45, 2.75) is 63.7 Å². The van der Waals surface area contributed by atoms with Gasteiger partial charge in [-0.3, -0.25) is 19.2 Å². The number of imidazole rings is 1. The molecule has 1 heterocycles. The van der Waals surface area contributed by atoms with Crippen LogP contribution in [0.2, 0.25) is 0 Å². The number of aromatic nitrogens is 2. The molecule has 14 heteroatoms. The molecule has 0 saturated heterocycles. The fourth-order valence-electron chi connectivity index (χ4n) is 2.94. The summed E-state index contributed by atoms with van der Waals surface area (Å²) in [5.41, 5.74) is 6.58. The molecule has 1 aromatic heterocycles. The number of nitrogens with two attached hydrogens (primary N) is 1. The van der Waals surface area contributed by atoms with Gasteiger partial charge in [0.05, 0.1) is 12.4 Å². The van der Waals surface area contributed by atoms with Gasteiger partial charge in [-0.05, 0) is 12.3 Å². The minimum Gasteiger partial charge on any atom is -0.481 e. The third-order valence-corrected chi connectivity index (χ3v) is 5.57. The van der Waals surface area contributed by atoms with Crippen LogP contribution in [-0.4, -0.2) is 79.8 Å². The molecule has 0 radical (unpaired) electrons. The van der Waals surface area contributed by atoms with Crippen LogP contribution in [0.1, 0.15) is 38.8 Å².